The molecule has 0 bridgehead atoms. The van der Waals surface area contributed by atoms with Crippen LogP contribution in [0.2, 0.25) is 0 Å². The lowest BCUT2D eigenvalue weighted by Gasteiger charge is -2.22. The number of carbonyl (C=O) groups is 2. The second kappa shape index (κ2) is 7.76. The summed E-state index contributed by atoms with van der Waals surface area (Å²) in [5.41, 5.74) is 2.35. The van der Waals surface area contributed by atoms with E-state index in [-0.39, 0.29) is 5.91 Å². The van der Waals surface area contributed by atoms with Gasteiger partial charge in [-0.25, -0.2) is 4.79 Å². The Labute approximate surface area is 149 Å². The van der Waals surface area contributed by atoms with E-state index in [9.17, 15) is 9.59 Å². The molecule has 6 nitrogen and oxygen atoms in total. The van der Waals surface area contributed by atoms with Crippen LogP contribution >= 0.6 is 0 Å². The average Bonchev–Trinajstić information content (AvgIpc) is 3.01. The van der Waals surface area contributed by atoms with E-state index in [0.717, 1.165) is 24.3 Å². The smallest absolute Gasteiger partial charge is 0.408 e. The molecular formula is C19H29N3O3. The summed E-state index contributed by atoms with van der Waals surface area (Å²) in [4.78, 5) is 26.4. The van der Waals surface area contributed by atoms with E-state index < -0.39 is 17.7 Å². The lowest BCUT2D eigenvalue weighted by molar-refractivity contribution is -0.117. The van der Waals surface area contributed by atoms with Crippen LogP contribution in [0.4, 0.5) is 16.2 Å². The largest absolute Gasteiger partial charge is 0.444 e. The molecule has 0 spiro atoms. The molecule has 0 aromatic heterocycles. The van der Waals surface area contributed by atoms with Gasteiger partial charge >= 0.3 is 6.09 Å². The van der Waals surface area contributed by atoms with Crippen LogP contribution in [0, 0.1) is 6.92 Å². The first-order valence-corrected chi connectivity index (χ1v) is 8.82. The van der Waals surface area contributed by atoms with Crippen LogP contribution in [0.3, 0.4) is 0 Å². The topological polar surface area (TPSA) is 70.7 Å². The molecule has 1 aromatic carbocycles. The average molecular weight is 347 g/mol. The third-order valence-electron chi connectivity index (χ3n) is 4.07. The summed E-state index contributed by atoms with van der Waals surface area (Å²) in [6, 6.07) is 5.35. The van der Waals surface area contributed by atoms with Gasteiger partial charge in [-0.1, -0.05) is 0 Å². The standard InChI is InChI=1S/C19H29N3O3/c1-13-12-15(22-10-6-7-11-22)8-9-16(13)21-17(23)14(2)20-18(24)25-19(3,4)5/h8-9,12,14H,6-7,10-11H2,1-5H3,(H,20,24)(H,21,23)/t14-/m1/s1. The van der Waals surface area contributed by atoms with Crippen LogP contribution in [0.15, 0.2) is 18.2 Å². The number of hydrogen-bond donors (Lipinski definition) is 2. The van der Waals surface area contributed by atoms with Gasteiger partial charge in [0.2, 0.25) is 5.91 Å². The van der Waals surface area contributed by atoms with Crippen LogP contribution in [0.5, 0.6) is 0 Å². The minimum Gasteiger partial charge on any atom is -0.444 e. The maximum absolute atomic E-state index is 12.3. The molecule has 0 unspecified atom stereocenters. The van der Waals surface area contributed by atoms with Crippen molar-refractivity contribution in [2.24, 2.45) is 0 Å². The van der Waals surface area contributed by atoms with E-state index in [1.54, 1.807) is 27.7 Å². The first kappa shape index (κ1) is 19.1. The molecule has 1 aliphatic heterocycles. The summed E-state index contributed by atoms with van der Waals surface area (Å²) in [6.07, 6.45) is 1.85. The Balaban J connectivity index is 1.94. The molecule has 1 aromatic rings. The number of hydrogen-bond acceptors (Lipinski definition) is 4. The van der Waals surface area contributed by atoms with E-state index in [0.29, 0.717) is 0 Å². The van der Waals surface area contributed by atoms with Gasteiger partial charge in [-0.3, -0.25) is 4.79 Å². The molecule has 0 aliphatic carbocycles. The molecule has 2 amide bonds. The van der Waals surface area contributed by atoms with Crippen molar-refractivity contribution in [3.05, 3.63) is 23.8 Å². The van der Waals surface area contributed by atoms with Crippen molar-refractivity contribution >= 4 is 23.4 Å². The Kier molecular flexibility index (Phi) is 5.93. The van der Waals surface area contributed by atoms with Gasteiger partial charge in [0.25, 0.3) is 0 Å². The second-order valence-electron chi connectivity index (χ2n) is 7.55. The Bertz CT molecular complexity index is 631. The number of nitrogens with zero attached hydrogens (tertiary/aromatic N) is 1. The molecule has 1 aliphatic rings. The van der Waals surface area contributed by atoms with Gasteiger partial charge < -0.3 is 20.3 Å². The number of aryl methyl sites for hydroxylation is 1. The minimum atomic E-state index is -0.687. The van der Waals surface area contributed by atoms with Gasteiger partial charge in [-0.15, -0.1) is 0 Å². The van der Waals surface area contributed by atoms with Crippen LogP contribution in [-0.2, 0) is 9.53 Å². The SMILES string of the molecule is Cc1cc(N2CCCC2)ccc1NC(=O)[C@@H](C)NC(=O)OC(C)(C)C. The number of nitrogens with one attached hydrogen (secondary N) is 2. The highest BCUT2D eigenvalue weighted by molar-refractivity contribution is 5.97. The lowest BCUT2D eigenvalue weighted by atomic mass is 10.1. The fraction of sp³-hybridized carbons (Fsp3) is 0.579. The number of benzene rings is 1. The molecule has 2 rings (SSSR count). The fourth-order valence-corrected chi connectivity index (χ4v) is 2.75. The number of amides is 2. The van der Waals surface area contributed by atoms with Crippen LogP contribution in [0.25, 0.3) is 0 Å². The first-order chi connectivity index (χ1) is 11.7. The molecule has 0 saturated carbocycles. The summed E-state index contributed by atoms with van der Waals surface area (Å²) in [5.74, 6) is -0.275. The van der Waals surface area contributed by atoms with E-state index in [1.807, 2.05) is 19.1 Å². The summed E-state index contributed by atoms with van der Waals surface area (Å²) >= 11 is 0. The summed E-state index contributed by atoms with van der Waals surface area (Å²) < 4.78 is 5.17. The second-order valence-corrected chi connectivity index (χ2v) is 7.55. The van der Waals surface area contributed by atoms with E-state index >= 15 is 0 Å². The Hall–Kier alpha value is -2.24. The fourth-order valence-electron chi connectivity index (χ4n) is 2.75. The van der Waals surface area contributed by atoms with Crippen molar-refractivity contribution in [2.75, 3.05) is 23.3 Å². The van der Waals surface area contributed by atoms with Gasteiger partial charge in [0, 0.05) is 24.5 Å². The summed E-state index contributed by atoms with van der Waals surface area (Å²) in [6.45, 7) is 11.1. The monoisotopic (exact) mass is 347 g/mol. The van der Waals surface area contributed by atoms with Crippen molar-refractivity contribution in [3.8, 4) is 0 Å². The molecule has 1 saturated heterocycles. The first-order valence-electron chi connectivity index (χ1n) is 8.82. The molecule has 1 fully saturated rings. The van der Waals surface area contributed by atoms with Crippen molar-refractivity contribution < 1.29 is 14.3 Å². The predicted octanol–water partition coefficient (Wildman–Crippen LogP) is 3.45. The van der Waals surface area contributed by atoms with E-state index in [4.69, 9.17) is 4.74 Å². The van der Waals surface area contributed by atoms with Gasteiger partial charge in [-0.2, -0.15) is 0 Å². The number of carbonyl (C=O) groups excluding carboxylic acids is 2. The van der Waals surface area contributed by atoms with Crippen LogP contribution in [0.1, 0.15) is 46.1 Å². The Morgan fingerprint density at radius 2 is 1.84 bits per heavy atom. The maximum Gasteiger partial charge on any atom is 0.408 e. The molecule has 1 heterocycles. The number of anilines is 2. The van der Waals surface area contributed by atoms with Gasteiger partial charge in [-0.05, 0) is 71.2 Å². The third-order valence-corrected chi connectivity index (χ3v) is 4.07. The number of ether oxygens (including phenoxy) is 1. The Morgan fingerprint density at radius 1 is 1.20 bits per heavy atom. The zero-order chi connectivity index (χ0) is 18.6. The van der Waals surface area contributed by atoms with E-state index in [2.05, 4.69) is 21.6 Å². The normalized spacial score (nSPS) is 15.6. The molecule has 0 radical (unpaired) electrons. The van der Waals surface area contributed by atoms with Crippen LogP contribution < -0.4 is 15.5 Å². The summed E-state index contributed by atoms with van der Waals surface area (Å²) in [5, 5.41) is 5.42. The molecular weight excluding hydrogens is 318 g/mol. The highest BCUT2D eigenvalue weighted by atomic mass is 16.6. The van der Waals surface area contributed by atoms with Gasteiger partial charge in [0.05, 0.1) is 0 Å². The zero-order valence-corrected chi connectivity index (χ0v) is 15.8. The molecule has 25 heavy (non-hydrogen) atoms. The predicted molar refractivity (Wildman–Crippen MR) is 100 cm³/mol. The molecule has 6 heteroatoms. The van der Waals surface area contributed by atoms with Crippen molar-refractivity contribution in [1.29, 1.82) is 0 Å². The quantitative estimate of drug-likeness (QED) is 0.875. The highest BCUT2D eigenvalue weighted by Gasteiger charge is 2.21. The maximum atomic E-state index is 12.3. The highest BCUT2D eigenvalue weighted by Crippen LogP contribution is 2.25. The zero-order valence-electron chi connectivity index (χ0n) is 15.8. The van der Waals surface area contributed by atoms with Gasteiger partial charge in [0.1, 0.15) is 11.6 Å². The van der Waals surface area contributed by atoms with Gasteiger partial charge in [0.15, 0.2) is 0 Å². The molecule has 2 N–H and O–H groups in total. The molecule has 1 atom stereocenters. The third kappa shape index (κ3) is 5.66. The van der Waals surface area contributed by atoms with Crippen molar-refractivity contribution in [3.63, 3.8) is 0 Å². The van der Waals surface area contributed by atoms with Crippen molar-refractivity contribution in [1.82, 2.24) is 5.32 Å². The lowest BCUT2D eigenvalue weighted by Crippen LogP contribution is -2.44. The van der Waals surface area contributed by atoms with E-state index in [1.165, 1.54) is 18.5 Å². The Morgan fingerprint density at radius 3 is 2.40 bits per heavy atom. The van der Waals surface area contributed by atoms with Crippen molar-refractivity contribution in [2.45, 2.75) is 59.1 Å². The number of rotatable bonds is 4. The number of alkyl carbamates (subject to hydrolysis) is 1. The minimum absolute atomic E-state index is 0.275. The summed E-state index contributed by atoms with van der Waals surface area (Å²) in [7, 11) is 0. The van der Waals surface area contributed by atoms with Crippen LogP contribution in [-0.4, -0.2) is 36.7 Å². The molecule has 138 valence electrons.